The fraction of sp³-hybridized carbons (Fsp3) is 0.200. The maximum Gasteiger partial charge on any atom is 0.272 e. The van der Waals surface area contributed by atoms with Crippen LogP contribution in [0.15, 0.2) is 3.92 Å². The third-order valence-electron chi connectivity index (χ3n) is 1.07. The Morgan fingerprint density at radius 3 is 2.82 bits per heavy atom. The van der Waals surface area contributed by atoms with Gasteiger partial charge in [-0.15, -0.1) is 0 Å². The summed E-state index contributed by atoms with van der Waals surface area (Å²) in [7, 11) is 1.54. The number of anilines is 1. The van der Waals surface area contributed by atoms with E-state index in [-0.39, 0.29) is 11.6 Å². The van der Waals surface area contributed by atoms with Gasteiger partial charge in [0.25, 0.3) is 5.91 Å². The molecule has 1 rings (SSSR count). The van der Waals surface area contributed by atoms with Gasteiger partial charge < -0.3 is 11.1 Å². The Kier molecular flexibility index (Phi) is 2.45. The summed E-state index contributed by atoms with van der Waals surface area (Å²) in [6.07, 6.45) is 0. The molecule has 0 unspecified atom stereocenters. The summed E-state index contributed by atoms with van der Waals surface area (Å²) in [5, 5.41) is 2.87. The van der Waals surface area contributed by atoms with E-state index in [0.717, 1.165) is 0 Å². The molecule has 0 aliphatic heterocycles. The summed E-state index contributed by atoms with van der Waals surface area (Å²) in [4.78, 5) is 14.9. The Balaban J connectivity index is 3.03. The van der Waals surface area contributed by atoms with Crippen molar-refractivity contribution in [1.82, 2.24) is 10.3 Å². The van der Waals surface area contributed by atoms with Crippen LogP contribution in [-0.2, 0) is 0 Å². The minimum Gasteiger partial charge on any atom is -0.389 e. The molecule has 1 aromatic heterocycles. The molecule has 0 aliphatic carbocycles. The van der Waals surface area contributed by atoms with Gasteiger partial charge in [-0.25, -0.2) is 4.98 Å². The molecule has 4 nitrogen and oxygen atoms in total. The molecule has 0 fully saturated rings. The normalized spacial score (nSPS) is 9.64. The molecule has 60 valence electrons. The van der Waals surface area contributed by atoms with E-state index in [0.29, 0.717) is 8.92 Å². The Bertz CT molecular complexity index is 285. The molecule has 0 atom stereocenters. The van der Waals surface area contributed by atoms with Crippen molar-refractivity contribution in [3.05, 3.63) is 9.61 Å². The highest BCUT2D eigenvalue weighted by Crippen LogP contribution is 2.24. The van der Waals surface area contributed by atoms with E-state index < -0.39 is 0 Å². The van der Waals surface area contributed by atoms with Gasteiger partial charge in [-0.2, -0.15) is 0 Å². The number of halogens is 1. The molecule has 0 aromatic carbocycles. The lowest BCUT2D eigenvalue weighted by molar-refractivity contribution is 0.0959. The largest absolute Gasteiger partial charge is 0.389 e. The van der Waals surface area contributed by atoms with Crippen LogP contribution in [-0.4, -0.2) is 17.9 Å². The number of carbonyl (C=O) groups is 1. The molecular weight excluding hydrogens is 230 g/mol. The standard InChI is InChI=1S/C5H6BrN3OS/c1-8-4(10)2-3(7)11-5(6)9-2/h7H2,1H3,(H,8,10). The van der Waals surface area contributed by atoms with Crippen LogP contribution < -0.4 is 11.1 Å². The van der Waals surface area contributed by atoms with Gasteiger partial charge in [-0.05, 0) is 15.9 Å². The van der Waals surface area contributed by atoms with Crippen LogP contribution in [0.4, 0.5) is 5.00 Å². The van der Waals surface area contributed by atoms with E-state index in [1.165, 1.54) is 18.4 Å². The minimum atomic E-state index is -0.260. The van der Waals surface area contributed by atoms with Crippen LogP contribution >= 0.6 is 27.3 Å². The molecule has 1 aromatic rings. The van der Waals surface area contributed by atoms with Gasteiger partial charge in [-0.3, -0.25) is 4.79 Å². The summed E-state index contributed by atoms with van der Waals surface area (Å²) in [6.45, 7) is 0. The SMILES string of the molecule is CNC(=O)c1nc(Br)sc1N. The van der Waals surface area contributed by atoms with Crippen molar-refractivity contribution in [2.24, 2.45) is 0 Å². The first-order chi connectivity index (χ1) is 5.15. The predicted octanol–water partition coefficient (Wildman–Crippen LogP) is 0.847. The number of nitrogens with zero attached hydrogens (tertiary/aromatic N) is 1. The van der Waals surface area contributed by atoms with Gasteiger partial charge in [0.05, 0.1) is 0 Å². The summed E-state index contributed by atoms with van der Waals surface area (Å²) in [6, 6.07) is 0. The fourth-order valence-corrected chi connectivity index (χ4v) is 1.84. The number of amides is 1. The van der Waals surface area contributed by atoms with Crippen LogP contribution in [0.5, 0.6) is 0 Å². The first-order valence-electron chi connectivity index (χ1n) is 2.79. The zero-order chi connectivity index (χ0) is 8.43. The second-order valence-corrected chi connectivity index (χ2v) is 4.07. The number of nitrogen functional groups attached to an aromatic ring is 1. The smallest absolute Gasteiger partial charge is 0.272 e. The molecule has 3 N–H and O–H groups in total. The van der Waals surface area contributed by atoms with Crippen LogP contribution in [0.2, 0.25) is 0 Å². The van der Waals surface area contributed by atoms with Crippen molar-refractivity contribution in [2.45, 2.75) is 0 Å². The second kappa shape index (κ2) is 3.19. The Hall–Kier alpha value is -0.620. The monoisotopic (exact) mass is 235 g/mol. The van der Waals surface area contributed by atoms with Crippen molar-refractivity contribution < 1.29 is 4.79 Å². The fourth-order valence-electron chi connectivity index (χ4n) is 0.586. The van der Waals surface area contributed by atoms with Crippen molar-refractivity contribution in [1.29, 1.82) is 0 Å². The van der Waals surface area contributed by atoms with Gasteiger partial charge in [0, 0.05) is 7.05 Å². The van der Waals surface area contributed by atoms with Gasteiger partial charge in [0.2, 0.25) is 0 Å². The highest BCUT2D eigenvalue weighted by Gasteiger charge is 2.12. The number of carbonyl (C=O) groups excluding carboxylic acids is 1. The molecule has 11 heavy (non-hydrogen) atoms. The van der Waals surface area contributed by atoms with Gasteiger partial charge in [-0.1, -0.05) is 11.3 Å². The second-order valence-electron chi connectivity index (χ2n) is 1.76. The highest BCUT2D eigenvalue weighted by molar-refractivity contribution is 9.11. The molecular formula is C5H6BrN3OS. The van der Waals surface area contributed by atoms with E-state index in [2.05, 4.69) is 26.2 Å². The van der Waals surface area contributed by atoms with Crippen LogP contribution in [0.3, 0.4) is 0 Å². The van der Waals surface area contributed by atoms with E-state index in [9.17, 15) is 4.79 Å². The van der Waals surface area contributed by atoms with Crippen LogP contribution in [0.1, 0.15) is 10.5 Å². The number of rotatable bonds is 1. The molecule has 0 saturated carbocycles. The molecule has 0 radical (unpaired) electrons. The highest BCUT2D eigenvalue weighted by atomic mass is 79.9. The molecule has 0 saturated heterocycles. The summed E-state index contributed by atoms with van der Waals surface area (Å²) in [5.74, 6) is -0.260. The third kappa shape index (κ3) is 1.69. The molecule has 6 heteroatoms. The zero-order valence-corrected chi connectivity index (χ0v) is 8.12. The maximum atomic E-state index is 11.0. The number of aromatic nitrogens is 1. The third-order valence-corrected chi connectivity index (χ3v) is 2.41. The zero-order valence-electron chi connectivity index (χ0n) is 5.72. The summed E-state index contributed by atoms with van der Waals surface area (Å²) < 4.78 is 0.619. The van der Waals surface area contributed by atoms with Crippen LogP contribution in [0, 0.1) is 0 Å². The summed E-state index contributed by atoms with van der Waals surface area (Å²) in [5.41, 5.74) is 5.76. The number of hydrogen-bond donors (Lipinski definition) is 2. The van der Waals surface area contributed by atoms with Gasteiger partial charge in [0.15, 0.2) is 9.61 Å². The molecule has 1 heterocycles. The lowest BCUT2D eigenvalue weighted by atomic mass is 10.4. The van der Waals surface area contributed by atoms with Crippen molar-refractivity contribution in [2.75, 3.05) is 12.8 Å². The topological polar surface area (TPSA) is 68.0 Å². The molecule has 0 spiro atoms. The van der Waals surface area contributed by atoms with Crippen molar-refractivity contribution in [3.63, 3.8) is 0 Å². The Labute approximate surface area is 75.9 Å². The van der Waals surface area contributed by atoms with Gasteiger partial charge in [0.1, 0.15) is 5.00 Å². The van der Waals surface area contributed by atoms with E-state index >= 15 is 0 Å². The summed E-state index contributed by atoms with van der Waals surface area (Å²) >= 11 is 4.36. The number of nitrogens with one attached hydrogen (secondary N) is 1. The first kappa shape index (κ1) is 8.48. The van der Waals surface area contributed by atoms with Gasteiger partial charge >= 0.3 is 0 Å². The molecule has 0 aliphatic rings. The molecule has 0 bridgehead atoms. The molecule has 1 amide bonds. The van der Waals surface area contributed by atoms with Crippen LogP contribution in [0.25, 0.3) is 0 Å². The van der Waals surface area contributed by atoms with E-state index in [4.69, 9.17) is 5.73 Å². The van der Waals surface area contributed by atoms with E-state index in [1.807, 2.05) is 0 Å². The van der Waals surface area contributed by atoms with Crippen molar-refractivity contribution in [3.8, 4) is 0 Å². The maximum absolute atomic E-state index is 11.0. The quantitative estimate of drug-likeness (QED) is 0.759. The average molecular weight is 236 g/mol. The Morgan fingerprint density at radius 2 is 2.45 bits per heavy atom. The predicted molar refractivity (Wildman–Crippen MR) is 47.6 cm³/mol. The number of nitrogens with two attached hydrogens (primary N) is 1. The number of hydrogen-bond acceptors (Lipinski definition) is 4. The Morgan fingerprint density at radius 1 is 1.82 bits per heavy atom. The minimum absolute atomic E-state index is 0.260. The lowest BCUT2D eigenvalue weighted by Gasteiger charge is -1.93. The number of thiazole rings is 1. The first-order valence-corrected chi connectivity index (χ1v) is 4.40. The lowest BCUT2D eigenvalue weighted by Crippen LogP contribution is -2.19. The van der Waals surface area contributed by atoms with Crippen molar-refractivity contribution >= 4 is 38.2 Å². The average Bonchev–Trinajstić information content (AvgIpc) is 2.28. The van der Waals surface area contributed by atoms with E-state index in [1.54, 1.807) is 0 Å².